The van der Waals surface area contributed by atoms with Crippen molar-refractivity contribution in [3.8, 4) is 0 Å². The normalized spacial score (nSPS) is 12.7. The van der Waals surface area contributed by atoms with Crippen molar-refractivity contribution in [1.29, 1.82) is 0 Å². The van der Waals surface area contributed by atoms with Crippen LogP contribution < -0.4 is 10.6 Å². The van der Waals surface area contributed by atoms with Gasteiger partial charge in [-0.3, -0.25) is 4.79 Å². The average Bonchev–Trinajstić information content (AvgIpc) is 2.52. The van der Waals surface area contributed by atoms with Crippen LogP contribution in [0.4, 0.5) is 4.39 Å². The number of likely N-dealkylation sites (N-methyl/N-ethyl adjacent to an activating group) is 1. The monoisotopic (exact) mass is 322 g/mol. The van der Waals surface area contributed by atoms with Gasteiger partial charge in [0.2, 0.25) is 5.91 Å². The van der Waals surface area contributed by atoms with Gasteiger partial charge in [-0.1, -0.05) is 19.1 Å². The first-order valence-corrected chi connectivity index (χ1v) is 7.83. The molecule has 0 spiro atoms. The molecule has 0 aromatic heterocycles. The topological polar surface area (TPSA) is 56.7 Å². The summed E-state index contributed by atoms with van der Waals surface area (Å²) in [5.74, 6) is 0.283. The fourth-order valence-corrected chi connectivity index (χ4v) is 1.71. The summed E-state index contributed by atoms with van der Waals surface area (Å²) < 4.78 is 13.6. The van der Waals surface area contributed by atoms with Gasteiger partial charge in [-0.2, -0.15) is 0 Å². The second kappa shape index (κ2) is 9.12. The maximum absolute atomic E-state index is 13.6. The van der Waals surface area contributed by atoms with Crippen LogP contribution in [0.15, 0.2) is 23.2 Å². The van der Waals surface area contributed by atoms with E-state index < -0.39 is 0 Å². The van der Waals surface area contributed by atoms with Gasteiger partial charge in [-0.15, -0.1) is 0 Å². The first-order valence-electron chi connectivity index (χ1n) is 7.83. The van der Waals surface area contributed by atoms with Crippen molar-refractivity contribution in [2.45, 2.75) is 39.8 Å². The Balaban J connectivity index is 2.76. The van der Waals surface area contributed by atoms with E-state index in [1.54, 1.807) is 27.1 Å². The van der Waals surface area contributed by atoms with E-state index in [1.165, 1.54) is 11.0 Å². The maximum atomic E-state index is 13.6. The largest absolute Gasteiger partial charge is 0.354 e. The molecule has 5 nitrogen and oxygen atoms in total. The molecule has 1 atom stereocenters. The van der Waals surface area contributed by atoms with Gasteiger partial charge in [-0.25, -0.2) is 9.38 Å². The van der Waals surface area contributed by atoms with E-state index in [1.807, 2.05) is 13.0 Å². The van der Waals surface area contributed by atoms with Crippen LogP contribution >= 0.6 is 0 Å². The lowest BCUT2D eigenvalue weighted by molar-refractivity contribution is -0.127. The van der Waals surface area contributed by atoms with Gasteiger partial charge in [0.1, 0.15) is 5.82 Å². The van der Waals surface area contributed by atoms with E-state index in [4.69, 9.17) is 0 Å². The lowest BCUT2D eigenvalue weighted by atomic mass is 10.1. The first kappa shape index (κ1) is 18.9. The minimum atomic E-state index is -0.232. The van der Waals surface area contributed by atoms with Crippen molar-refractivity contribution >= 4 is 11.9 Å². The van der Waals surface area contributed by atoms with Crippen molar-refractivity contribution in [1.82, 2.24) is 15.5 Å². The SMILES string of the molecule is CCC(C)NC(=NCc1ccc(C)c(F)c1)NCC(=O)N(C)C. The second-order valence-corrected chi connectivity index (χ2v) is 5.84. The number of benzene rings is 1. The lowest BCUT2D eigenvalue weighted by Crippen LogP contribution is -2.45. The highest BCUT2D eigenvalue weighted by Crippen LogP contribution is 2.10. The van der Waals surface area contributed by atoms with Crippen molar-refractivity contribution < 1.29 is 9.18 Å². The van der Waals surface area contributed by atoms with Crippen LogP contribution in [0.1, 0.15) is 31.4 Å². The molecule has 6 heteroatoms. The van der Waals surface area contributed by atoms with Gasteiger partial charge in [0.05, 0.1) is 13.1 Å². The Morgan fingerprint density at radius 3 is 2.65 bits per heavy atom. The lowest BCUT2D eigenvalue weighted by Gasteiger charge is -2.18. The van der Waals surface area contributed by atoms with E-state index in [0.717, 1.165) is 12.0 Å². The number of rotatable bonds is 6. The molecule has 0 aliphatic rings. The highest BCUT2D eigenvalue weighted by Gasteiger charge is 2.08. The van der Waals surface area contributed by atoms with Gasteiger partial charge in [0.15, 0.2) is 5.96 Å². The number of nitrogens with one attached hydrogen (secondary N) is 2. The predicted octanol–water partition coefficient (Wildman–Crippen LogP) is 2.06. The zero-order valence-corrected chi connectivity index (χ0v) is 14.6. The minimum absolute atomic E-state index is 0.0370. The molecule has 0 aliphatic heterocycles. The van der Waals surface area contributed by atoms with Gasteiger partial charge in [-0.05, 0) is 37.5 Å². The van der Waals surface area contributed by atoms with E-state index in [9.17, 15) is 9.18 Å². The number of halogens is 1. The zero-order chi connectivity index (χ0) is 17.4. The summed E-state index contributed by atoms with van der Waals surface area (Å²) in [6.45, 7) is 6.34. The number of carbonyl (C=O) groups excluding carboxylic acids is 1. The predicted molar refractivity (Wildman–Crippen MR) is 91.9 cm³/mol. The zero-order valence-electron chi connectivity index (χ0n) is 14.6. The number of aryl methyl sites for hydroxylation is 1. The number of guanidine groups is 1. The van der Waals surface area contributed by atoms with Crippen LogP contribution in [0, 0.1) is 12.7 Å². The molecular formula is C17H27FN4O. The molecule has 1 unspecified atom stereocenters. The van der Waals surface area contributed by atoms with Crippen LogP contribution in [-0.4, -0.2) is 43.4 Å². The van der Waals surface area contributed by atoms with Gasteiger partial charge < -0.3 is 15.5 Å². The Bertz CT molecular complexity index is 558. The second-order valence-electron chi connectivity index (χ2n) is 5.84. The molecule has 128 valence electrons. The Morgan fingerprint density at radius 1 is 1.39 bits per heavy atom. The van der Waals surface area contributed by atoms with E-state index >= 15 is 0 Å². The van der Waals surface area contributed by atoms with Crippen molar-refractivity contribution in [3.05, 3.63) is 35.1 Å². The quantitative estimate of drug-likeness (QED) is 0.622. The maximum Gasteiger partial charge on any atom is 0.241 e. The fourth-order valence-electron chi connectivity index (χ4n) is 1.71. The van der Waals surface area contributed by atoms with Gasteiger partial charge in [0, 0.05) is 20.1 Å². The summed E-state index contributed by atoms with van der Waals surface area (Å²) in [6.07, 6.45) is 0.932. The van der Waals surface area contributed by atoms with Crippen LogP contribution in [0.3, 0.4) is 0 Å². The third kappa shape index (κ3) is 6.67. The van der Waals surface area contributed by atoms with Crippen LogP contribution in [0.25, 0.3) is 0 Å². The molecule has 1 aromatic carbocycles. The minimum Gasteiger partial charge on any atom is -0.354 e. The summed E-state index contributed by atoms with van der Waals surface area (Å²) in [5, 5.41) is 6.25. The van der Waals surface area contributed by atoms with E-state index in [-0.39, 0.29) is 24.3 Å². The smallest absolute Gasteiger partial charge is 0.241 e. The molecule has 0 aliphatic carbocycles. The molecule has 23 heavy (non-hydrogen) atoms. The third-order valence-corrected chi connectivity index (χ3v) is 3.56. The molecule has 1 amide bonds. The van der Waals surface area contributed by atoms with Crippen LogP contribution in [0.2, 0.25) is 0 Å². The Morgan fingerprint density at radius 2 is 2.09 bits per heavy atom. The first-order chi connectivity index (χ1) is 10.8. The highest BCUT2D eigenvalue weighted by atomic mass is 19.1. The number of carbonyl (C=O) groups is 1. The summed E-state index contributed by atoms with van der Waals surface area (Å²) in [5.41, 5.74) is 1.41. The summed E-state index contributed by atoms with van der Waals surface area (Å²) in [6, 6.07) is 5.31. The number of hydrogen-bond donors (Lipinski definition) is 2. The molecule has 0 radical (unpaired) electrons. The molecule has 1 rings (SSSR count). The van der Waals surface area contributed by atoms with Gasteiger partial charge >= 0.3 is 0 Å². The number of hydrogen-bond acceptors (Lipinski definition) is 2. The summed E-state index contributed by atoms with van der Waals surface area (Å²) in [7, 11) is 3.41. The molecule has 0 saturated carbocycles. The number of aliphatic imine (C=N–C) groups is 1. The number of amides is 1. The van der Waals surface area contributed by atoms with E-state index in [2.05, 4.69) is 22.5 Å². The van der Waals surface area contributed by atoms with Gasteiger partial charge in [0.25, 0.3) is 0 Å². The van der Waals surface area contributed by atoms with Crippen LogP contribution in [-0.2, 0) is 11.3 Å². The molecule has 2 N–H and O–H groups in total. The molecule has 0 fully saturated rings. The highest BCUT2D eigenvalue weighted by molar-refractivity contribution is 5.86. The average molecular weight is 322 g/mol. The Hall–Kier alpha value is -2.11. The van der Waals surface area contributed by atoms with Crippen molar-refractivity contribution in [2.24, 2.45) is 4.99 Å². The summed E-state index contributed by atoms with van der Waals surface area (Å²) in [4.78, 5) is 17.6. The number of nitrogens with zero attached hydrogens (tertiary/aromatic N) is 2. The Labute approximate surface area is 138 Å². The Kier molecular flexibility index (Phi) is 7.51. The molecule has 0 saturated heterocycles. The fraction of sp³-hybridized carbons (Fsp3) is 0.529. The van der Waals surface area contributed by atoms with Crippen molar-refractivity contribution in [3.63, 3.8) is 0 Å². The molecule has 0 bridgehead atoms. The van der Waals surface area contributed by atoms with E-state index in [0.29, 0.717) is 18.1 Å². The molecule has 0 heterocycles. The standard InChI is InChI=1S/C17H27FN4O/c1-6-13(3)21-17(20-11-16(23)22(4)5)19-10-14-8-7-12(2)15(18)9-14/h7-9,13H,6,10-11H2,1-5H3,(H2,19,20,21). The molecule has 1 aromatic rings. The van der Waals surface area contributed by atoms with Crippen LogP contribution in [0.5, 0.6) is 0 Å². The third-order valence-electron chi connectivity index (χ3n) is 3.56. The molecular weight excluding hydrogens is 295 g/mol. The summed E-state index contributed by atoms with van der Waals surface area (Å²) >= 11 is 0. The van der Waals surface area contributed by atoms with Crippen molar-refractivity contribution in [2.75, 3.05) is 20.6 Å².